The molecule has 4 heterocycles. The number of nitrogen functional groups attached to an aromatic ring is 1. The Morgan fingerprint density at radius 1 is 0.865 bits per heavy atom. The highest BCUT2D eigenvalue weighted by molar-refractivity contribution is 5.75. The number of benzene rings is 2. The average Bonchev–Trinajstić information content (AvgIpc) is 2.92. The summed E-state index contributed by atoms with van der Waals surface area (Å²) < 4.78 is 17.4. The van der Waals surface area contributed by atoms with Crippen molar-refractivity contribution in [2.24, 2.45) is 0 Å². The predicted octanol–water partition coefficient (Wildman–Crippen LogP) is 4.07. The van der Waals surface area contributed by atoms with Crippen LogP contribution in [0.25, 0.3) is 11.3 Å². The van der Waals surface area contributed by atoms with E-state index in [9.17, 15) is 0 Å². The first kappa shape index (κ1) is 25.4. The van der Waals surface area contributed by atoms with Crippen molar-refractivity contribution in [3.63, 3.8) is 0 Å². The molecule has 4 N–H and O–H groups in total. The molecule has 37 heavy (non-hydrogen) atoms. The van der Waals surface area contributed by atoms with Crippen LogP contribution in [0.4, 0.5) is 23.0 Å². The van der Waals surface area contributed by atoms with Crippen LogP contribution in [-0.2, 0) is 27.4 Å². The van der Waals surface area contributed by atoms with Gasteiger partial charge in [-0.25, -0.2) is 9.97 Å². The minimum absolute atomic E-state index is 0.505. The van der Waals surface area contributed by atoms with Gasteiger partial charge in [-0.2, -0.15) is 0 Å². The Kier molecular flexibility index (Phi) is 8.81. The number of nitrogens with zero attached hydrogens (tertiary/aromatic N) is 3. The van der Waals surface area contributed by atoms with Crippen LogP contribution in [0.1, 0.15) is 30.4 Å². The molecule has 2 aromatic carbocycles. The van der Waals surface area contributed by atoms with Crippen molar-refractivity contribution in [1.82, 2.24) is 15.3 Å². The van der Waals surface area contributed by atoms with Crippen molar-refractivity contribution in [2.45, 2.75) is 32.5 Å². The molecule has 3 aliphatic rings. The number of hydrogen-bond acceptors (Lipinski definition) is 9. The monoisotopic (exact) mass is 504 g/mol. The molecule has 0 unspecified atom stereocenters. The molecule has 0 spiro atoms. The Morgan fingerprint density at radius 3 is 2.68 bits per heavy atom. The van der Waals surface area contributed by atoms with Gasteiger partial charge in [-0.1, -0.05) is 12.1 Å². The van der Waals surface area contributed by atoms with Crippen LogP contribution in [0.2, 0.25) is 0 Å². The highest BCUT2D eigenvalue weighted by atomic mass is 16.5. The van der Waals surface area contributed by atoms with Gasteiger partial charge in [-0.15, -0.1) is 0 Å². The summed E-state index contributed by atoms with van der Waals surface area (Å²) in [4.78, 5) is 11.6. The van der Waals surface area contributed by atoms with Gasteiger partial charge in [0.25, 0.3) is 0 Å². The van der Waals surface area contributed by atoms with Crippen LogP contribution in [0, 0.1) is 0 Å². The van der Waals surface area contributed by atoms with E-state index in [1.54, 1.807) is 6.20 Å². The number of nitrogens with one attached hydrogen (secondary N) is 2. The van der Waals surface area contributed by atoms with Gasteiger partial charge in [0.2, 0.25) is 5.95 Å². The van der Waals surface area contributed by atoms with Gasteiger partial charge in [0, 0.05) is 54.1 Å². The summed E-state index contributed by atoms with van der Waals surface area (Å²) in [6.07, 6.45) is 4.97. The fraction of sp³-hybridized carbons (Fsp3) is 0.429. The van der Waals surface area contributed by atoms with E-state index < -0.39 is 0 Å². The second kappa shape index (κ2) is 12.8. The molecule has 0 aliphatic carbocycles. The fourth-order valence-corrected chi connectivity index (χ4v) is 4.65. The molecule has 0 atom stereocenters. The normalized spacial score (nSPS) is 17.9. The SMILES string of the molecule is Nc1cc2ccc1-c1ccnc(n1)Nc1ccc(N3CCOCC3)c(c1)COCCCCCNCOC2. The van der Waals surface area contributed by atoms with Crippen LogP contribution >= 0.6 is 0 Å². The first-order valence-corrected chi connectivity index (χ1v) is 13.1. The summed E-state index contributed by atoms with van der Waals surface area (Å²) in [5.74, 6) is 0.517. The van der Waals surface area contributed by atoms with Crippen molar-refractivity contribution in [1.29, 1.82) is 0 Å². The number of morpholine rings is 1. The van der Waals surface area contributed by atoms with Gasteiger partial charge in [0.1, 0.15) is 0 Å². The molecular formula is C28H36N6O3. The van der Waals surface area contributed by atoms with E-state index in [0.29, 0.717) is 31.6 Å². The lowest BCUT2D eigenvalue weighted by Crippen LogP contribution is -2.36. The van der Waals surface area contributed by atoms with Gasteiger partial charge in [0.15, 0.2) is 0 Å². The summed E-state index contributed by atoms with van der Waals surface area (Å²) in [5.41, 5.74) is 13.0. The van der Waals surface area contributed by atoms with Crippen LogP contribution in [0.15, 0.2) is 48.7 Å². The number of anilines is 4. The molecule has 1 fully saturated rings. The lowest BCUT2D eigenvalue weighted by molar-refractivity contribution is 0.102. The Labute approximate surface area is 218 Å². The van der Waals surface area contributed by atoms with E-state index in [1.807, 2.05) is 24.3 Å². The molecule has 3 aromatic rings. The maximum Gasteiger partial charge on any atom is 0.227 e. The van der Waals surface area contributed by atoms with Gasteiger partial charge in [0.05, 0.1) is 38.9 Å². The van der Waals surface area contributed by atoms with Gasteiger partial charge >= 0.3 is 0 Å². The quantitative estimate of drug-likeness (QED) is 0.423. The van der Waals surface area contributed by atoms with E-state index in [-0.39, 0.29) is 0 Å². The molecule has 196 valence electrons. The maximum atomic E-state index is 6.39. The Morgan fingerprint density at radius 2 is 1.78 bits per heavy atom. The van der Waals surface area contributed by atoms with Gasteiger partial charge < -0.3 is 30.2 Å². The van der Waals surface area contributed by atoms with Crippen LogP contribution in [0.5, 0.6) is 0 Å². The largest absolute Gasteiger partial charge is 0.398 e. The summed E-state index contributed by atoms with van der Waals surface area (Å²) in [7, 11) is 0. The van der Waals surface area contributed by atoms with Crippen LogP contribution in [0.3, 0.4) is 0 Å². The third-order valence-corrected chi connectivity index (χ3v) is 6.61. The van der Waals surface area contributed by atoms with Gasteiger partial charge in [-0.05, 0) is 61.7 Å². The Bertz CT molecular complexity index is 1170. The minimum atomic E-state index is 0.505. The molecule has 0 radical (unpaired) electrons. The number of ether oxygens (including phenoxy) is 3. The summed E-state index contributed by atoms with van der Waals surface area (Å²) in [6.45, 7) is 6.46. The summed E-state index contributed by atoms with van der Waals surface area (Å²) in [6, 6.07) is 14.2. The highest BCUT2D eigenvalue weighted by Crippen LogP contribution is 2.29. The standard InChI is InChI=1S/C28H36N6O3/c29-25-16-21-4-6-24(25)26-8-10-31-28(33-26)32-23-5-7-27(34-11-14-35-15-12-34)22(17-23)19-36-13-3-1-2-9-30-20-37-18-21/h4-8,10,16-17,30H,1-3,9,11-15,18-20,29H2,(H,31,32,33). The average molecular weight is 505 g/mol. The molecule has 0 amide bonds. The molecule has 1 saturated heterocycles. The second-order valence-corrected chi connectivity index (χ2v) is 9.36. The Balaban J connectivity index is 1.41. The zero-order chi connectivity index (χ0) is 25.3. The van der Waals surface area contributed by atoms with Crippen molar-refractivity contribution < 1.29 is 14.2 Å². The first-order chi connectivity index (χ1) is 18.3. The van der Waals surface area contributed by atoms with Crippen molar-refractivity contribution in [2.75, 3.05) is 62.1 Å². The van der Waals surface area contributed by atoms with Crippen LogP contribution in [-0.4, -0.2) is 56.2 Å². The number of hydrogen-bond donors (Lipinski definition) is 3. The smallest absolute Gasteiger partial charge is 0.227 e. The number of rotatable bonds is 1. The molecular weight excluding hydrogens is 468 g/mol. The Hall–Kier alpha value is -3.24. The van der Waals surface area contributed by atoms with Crippen molar-refractivity contribution >= 4 is 23.0 Å². The molecule has 9 heteroatoms. The van der Waals surface area contributed by atoms with E-state index in [1.165, 1.54) is 5.69 Å². The third kappa shape index (κ3) is 6.95. The molecule has 3 aliphatic heterocycles. The highest BCUT2D eigenvalue weighted by Gasteiger charge is 2.16. The molecule has 6 rings (SSSR count). The van der Waals surface area contributed by atoms with E-state index in [2.05, 4.69) is 38.7 Å². The van der Waals surface area contributed by atoms with Crippen molar-refractivity contribution in [3.8, 4) is 11.3 Å². The lowest BCUT2D eigenvalue weighted by Gasteiger charge is -2.31. The lowest BCUT2D eigenvalue weighted by atomic mass is 10.1. The first-order valence-electron chi connectivity index (χ1n) is 13.1. The summed E-state index contributed by atoms with van der Waals surface area (Å²) in [5, 5.41) is 6.72. The minimum Gasteiger partial charge on any atom is -0.398 e. The zero-order valence-corrected chi connectivity index (χ0v) is 21.2. The summed E-state index contributed by atoms with van der Waals surface area (Å²) >= 11 is 0. The topological polar surface area (TPSA) is 107 Å². The van der Waals surface area contributed by atoms with Gasteiger partial charge in [-0.3, -0.25) is 5.32 Å². The third-order valence-electron chi connectivity index (χ3n) is 6.61. The number of fused-ring (bicyclic) bond motifs is 12. The number of nitrogens with two attached hydrogens (primary N) is 1. The predicted molar refractivity (Wildman–Crippen MR) is 146 cm³/mol. The van der Waals surface area contributed by atoms with E-state index >= 15 is 0 Å². The molecule has 6 bridgehead atoms. The van der Waals surface area contributed by atoms with E-state index in [4.69, 9.17) is 24.9 Å². The maximum absolute atomic E-state index is 6.39. The molecule has 1 aromatic heterocycles. The number of aromatic nitrogens is 2. The molecule has 9 nitrogen and oxygen atoms in total. The van der Waals surface area contributed by atoms with E-state index in [0.717, 1.165) is 86.8 Å². The van der Waals surface area contributed by atoms with Crippen LogP contribution < -0.4 is 21.3 Å². The zero-order valence-electron chi connectivity index (χ0n) is 21.2. The van der Waals surface area contributed by atoms with Crippen molar-refractivity contribution in [3.05, 3.63) is 59.8 Å². The second-order valence-electron chi connectivity index (χ2n) is 9.36. The molecule has 0 saturated carbocycles. The fourth-order valence-electron chi connectivity index (χ4n) is 4.65.